The van der Waals surface area contributed by atoms with E-state index in [1.807, 2.05) is 18.2 Å². The number of pyridine rings is 1. The Morgan fingerprint density at radius 3 is 2.72 bits per heavy atom. The van der Waals surface area contributed by atoms with Crippen molar-refractivity contribution < 1.29 is 8.42 Å². The number of sulfonamides is 1. The van der Waals surface area contributed by atoms with E-state index in [0.717, 1.165) is 42.9 Å². The van der Waals surface area contributed by atoms with Crippen LogP contribution in [0.5, 0.6) is 0 Å². The minimum Gasteiger partial charge on any atom is -0.356 e. The lowest BCUT2D eigenvalue weighted by atomic mass is 10.00. The summed E-state index contributed by atoms with van der Waals surface area (Å²) in [4.78, 5) is 15.5. The van der Waals surface area contributed by atoms with Gasteiger partial charge in [-0.15, -0.1) is 0 Å². The molecule has 134 valence electrons. The van der Waals surface area contributed by atoms with Crippen LogP contribution in [0.3, 0.4) is 0 Å². The fourth-order valence-electron chi connectivity index (χ4n) is 3.19. The normalized spacial score (nSPS) is 18.3. The zero-order valence-corrected chi connectivity index (χ0v) is 15.1. The summed E-state index contributed by atoms with van der Waals surface area (Å²) in [5.74, 6) is 1.57. The number of rotatable bonds is 5. The number of piperidine rings is 1. The highest BCUT2D eigenvalue weighted by molar-refractivity contribution is 7.89. The van der Waals surface area contributed by atoms with Crippen molar-refractivity contribution in [1.82, 2.24) is 15.0 Å². The number of aryl methyl sites for hydroxylation is 1. The maximum absolute atomic E-state index is 11.4. The monoisotopic (exact) mass is 361 g/mol. The van der Waals surface area contributed by atoms with Crippen LogP contribution in [0.2, 0.25) is 0 Å². The molecule has 3 heterocycles. The molecule has 1 saturated heterocycles. The van der Waals surface area contributed by atoms with Gasteiger partial charge in [-0.3, -0.25) is 4.98 Å². The summed E-state index contributed by atoms with van der Waals surface area (Å²) in [6, 6.07) is 5.77. The van der Waals surface area contributed by atoms with Crippen LogP contribution in [0.25, 0.3) is 11.4 Å². The molecule has 0 aliphatic carbocycles. The zero-order chi connectivity index (χ0) is 17.9. The molecule has 7 nitrogen and oxygen atoms in total. The predicted octanol–water partition coefficient (Wildman–Crippen LogP) is 1.61. The molecule has 3 rings (SSSR count). The Kier molecular flexibility index (Phi) is 5.29. The number of nitrogens with zero attached hydrogens (tertiary/aromatic N) is 4. The molecule has 25 heavy (non-hydrogen) atoms. The van der Waals surface area contributed by atoms with Gasteiger partial charge < -0.3 is 4.90 Å². The molecule has 0 radical (unpaired) electrons. The van der Waals surface area contributed by atoms with Crippen molar-refractivity contribution in [3.8, 4) is 11.4 Å². The molecule has 1 unspecified atom stereocenters. The van der Waals surface area contributed by atoms with Gasteiger partial charge in [-0.25, -0.2) is 23.5 Å². The Bertz CT molecular complexity index is 826. The van der Waals surface area contributed by atoms with Crippen LogP contribution < -0.4 is 10.0 Å². The second kappa shape index (κ2) is 7.45. The number of primary sulfonamides is 1. The first kappa shape index (κ1) is 17.8. The lowest BCUT2D eigenvalue weighted by Gasteiger charge is -2.33. The van der Waals surface area contributed by atoms with Crippen LogP contribution in [-0.2, 0) is 16.4 Å². The summed E-state index contributed by atoms with van der Waals surface area (Å²) in [5, 5.41) is 5.22. The third-order valence-corrected chi connectivity index (χ3v) is 5.31. The number of nitrogens with two attached hydrogens (primary N) is 1. The quantitative estimate of drug-likeness (QED) is 0.868. The molecule has 0 aromatic carbocycles. The summed E-state index contributed by atoms with van der Waals surface area (Å²) in [5.41, 5.74) is 1.88. The standard InChI is InChI=1S/C17H23N5O2S/c1-2-15-10-16(21-17(20-15)14-5-7-19-8-6-14)22-9-3-4-13(11-22)12-25(18,23)24/h5-8,10,13H,2-4,9,11-12H2,1H3,(H2,18,23,24). The SMILES string of the molecule is CCc1cc(N2CCCC(CS(N)(=O)=O)C2)nc(-c2ccncc2)n1. The van der Waals surface area contributed by atoms with E-state index in [4.69, 9.17) is 10.1 Å². The third-order valence-electron chi connectivity index (χ3n) is 4.38. The minimum absolute atomic E-state index is 0.0203. The molecule has 0 amide bonds. The van der Waals surface area contributed by atoms with Gasteiger partial charge in [0.1, 0.15) is 5.82 Å². The highest BCUT2D eigenvalue weighted by atomic mass is 32.2. The first-order chi connectivity index (χ1) is 11.9. The molecule has 0 spiro atoms. The summed E-state index contributed by atoms with van der Waals surface area (Å²) in [7, 11) is -3.46. The number of anilines is 1. The Labute approximate surface area is 148 Å². The molecule has 1 aliphatic rings. The molecule has 1 aliphatic heterocycles. The molecule has 2 N–H and O–H groups in total. The molecule has 0 bridgehead atoms. The van der Waals surface area contributed by atoms with Crippen molar-refractivity contribution in [3.05, 3.63) is 36.3 Å². The van der Waals surface area contributed by atoms with Crippen LogP contribution in [0, 0.1) is 5.92 Å². The van der Waals surface area contributed by atoms with Crippen molar-refractivity contribution in [2.75, 3.05) is 23.7 Å². The molecule has 2 aromatic rings. The summed E-state index contributed by atoms with van der Waals surface area (Å²) in [6.45, 7) is 3.56. The second-order valence-corrected chi connectivity index (χ2v) is 8.07. The van der Waals surface area contributed by atoms with E-state index in [2.05, 4.69) is 21.8 Å². The van der Waals surface area contributed by atoms with Crippen LogP contribution in [0.15, 0.2) is 30.6 Å². The van der Waals surface area contributed by atoms with E-state index in [-0.39, 0.29) is 11.7 Å². The molecule has 1 fully saturated rings. The molecule has 0 saturated carbocycles. The van der Waals surface area contributed by atoms with Crippen molar-refractivity contribution in [2.45, 2.75) is 26.2 Å². The highest BCUT2D eigenvalue weighted by Crippen LogP contribution is 2.25. The Morgan fingerprint density at radius 1 is 1.28 bits per heavy atom. The van der Waals surface area contributed by atoms with E-state index >= 15 is 0 Å². The summed E-state index contributed by atoms with van der Waals surface area (Å²) < 4.78 is 22.8. The van der Waals surface area contributed by atoms with Crippen LogP contribution in [0.4, 0.5) is 5.82 Å². The molecule has 2 aromatic heterocycles. The van der Waals surface area contributed by atoms with Crippen molar-refractivity contribution in [1.29, 1.82) is 0 Å². The fourth-order valence-corrected chi connectivity index (χ4v) is 4.12. The van der Waals surface area contributed by atoms with Crippen molar-refractivity contribution in [2.24, 2.45) is 11.1 Å². The first-order valence-corrected chi connectivity index (χ1v) is 10.2. The van der Waals surface area contributed by atoms with Crippen molar-refractivity contribution in [3.63, 3.8) is 0 Å². The highest BCUT2D eigenvalue weighted by Gasteiger charge is 2.25. The van der Waals surface area contributed by atoms with E-state index in [1.54, 1.807) is 12.4 Å². The van der Waals surface area contributed by atoms with E-state index in [9.17, 15) is 8.42 Å². The van der Waals surface area contributed by atoms with Gasteiger partial charge in [0.2, 0.25) is 10.0 Å². The van der Waals surface area contributed by atoms with E-state index < -0.39 is 10.0 Å². The first-order valence-electron chi connectivity index (χ1n) is 8.48. The van der Waals surface area contributed by atoms with Crippen molar-refractivity contribution >= 4 is 15.8 Å². The fraction of sp³-hybridized carbons (Fsp3) is 0.471. The third kappa shape index (κ3) is 4.73. The van der Waals surface area contributed by atoms with Crippen LogP contribution in [0.1, 0.15) is 25.5 Å². The van der Waals surface area contributed by atoms with Gasteiger partial charge in [0.25, 0.3) is 0 Å². The molecular formula is C17H23N5O2S. The van der Waals surface area contributed by atoms with Gasteiger partial charge in [-0.1, -0.05) is 6.92 Å². The molecule has 8 heteroatoms. The Hall–Kier alpha value is -2.06. The second-order valence-electron chi connectivity index (χ2n) is 6.41. The van der Waals surface area contributed by atoms with Crippen LogP contribution >= 0.6 is 0 Å². The zero-order valence-electron chi connectivity index (χ0n) is 14.3. The lowest BCUT2D eigenvalue weighted by Crippen LogP contribution is -2.39. The molecular weight excluding hydrogens is 338 g/mol. The average Bonchev–Trinajstić information content (AvgIpc) is 2.61. The van der Waals surface area contributed by atoms with Gasteiger partial charge in [0.15, 0.2) is 5.82 Å². The predicted molar refractivity (Wildman–Crippen MR) is 97.6 cm³/mol. The number of hydrogen-bond donors (Lipinski definition) is 1. The molecule has 1 atom stereocenters. The van der Waals surface area contributed by atoms with Crippen LogP contribution in [-0.4, -0.2) is 42.2 Å². The summed E-state index contributed by atoms with van der Waals surface area (Å²) >= 11 is 0. The maximum atomic E-state index is 11.4. The Morgan fingerprint density at radius 2 is 2.04 bits per heavy atom. The van der Waals surface area contributed by atoms with Gasteiger partial charge in [0.05, 0.1) is 5.75 Å². The Balaban J connectivity index is 1.88. The van der Waals surface area contributed by atoms with E-state index in [0.29, 0.717) is 12.4 Å². The number of aromatic nitrogens is 3. The maximum Gasteiger partial charge on any atom is 0.209 e. The van der Waals surface area contributed by atoms with E-state index in [1.165, 1.54) is 0 Å². The van der Waals surface area contributed by atoms with Gasteiger partial charge >= 0.3 is 0 Å². The minimum atomic E-state index is -3.46. The van der Waals surface area contributed by atoms with Gasteiger partial charge in [-0.2, -0.15) is 0 Å². The smallest absolute Gasteiger partial charge is 0.209 e. The topological polar surface area (TPSA) is 102 Å². The average molecular weight is 361 g/mol. The summed E-state index contributed by atoms with van der Waals surface area (Å²) in [6.07, 6.45) is 6.05. The van der Waals surface area contributed by atoms with Gasteiger partial charge in [-0.05, 0) is 37.3 Å². The van der Waals surface area contributed by atoms with Gasteiger partial charge in [0, 0.05) is 42.8 Å². The lowest BCUT2D eigenvalue weighted by molar-refractivity contribution is 0.441. The largest absolute Gasteiger partial charge is 0.356 e. The number of hydrogen-bond acceptors (Lipinski definition) is 6.